The molecule has 0 aliphatic heterocycles. The predicted octanol–water partition coefficient (Wildman–Crippen LogP) is 2.95. The van der Waals surface area contributed by atoms with E-state index in [1.165, 1.54) is 23.5 Å². The summed E-state index contributed by atoms with van der Waals surface area (Å²) in [6.07, 6.45) is 0.705. The molecule has 2 aromatic rings. The summed E-state index contributed by atoms with van der Waals surface area (Å²) in [6, 6.07) is 9.49. The summed E-state index contributed by atoms with van der Waals surface area (Å²) < 4.78 is 27.0. The van der Waals surface area contributed by atoms with Gasteiger partial charge in [0.05, 0.1) is 9.77 Å². The van der Waals surface area contributed by atoms with E-state index >= 15 is 0 Å². The number of thiophene rings is 1. The molecule has 0 saturated carbocycles. The van der Waals surface area contributed by atoms with Crippen LogP contribution in [0.4, 0.5) is 5.69 Å². The summed E-state index contributed by atoms with van der Waals surface area (Å²) in [5.41, 5.74) is 0.582. The molecule has 6 nitrogen and oxygen atoms in total. The van der Waals surface area contributed by atoms with Gasteiger partial charge in [0.15, 0.2) is 5.11 Å². The highest BCUT2D eigenvalue weighted by Gasteiger charge is 2.16. The zero-order chi connectivity index (χ0) is 18.4. The summed E-state index contributed by atoms with van der Waals surface area (Å²) >= 11 is 6.41. The van der Waals surface area contributed by atoms with Crippen LogP contribution in [0.3, 0.4) is 0 Å². The molecule has 0 radical (unpaired) electrons. The molecule has 0 spiro atoms. The van der Waals surface area contributed by atoms with Gasteiger partial charge in [0.25, 0.3) is 5.91 Å². The fourth-order valence-corrected chi connectivity index (χ4v) is 4.02. The number of hydrogen-bond donors (Lipinski definition) is 3. The van der Waals surface area contributed by atoms with Gasteiger partial charge in [0.2, 0.25) is 10.0 Å². The number of hydrogen-bond acceptors (Lipinski definition) is 5. The van der Waals surface area contributed by atoms with Crippen molar-refractivity contribution in [3.8, 4) is 0 Å². The third-order valence-corrected chi connectivity index (χ3v) is 6.04. The number of amides is 1. The molecule has 0 aliphatic carbocycles. The number of nitrogens with one attached hydrogen (secondary N) is 3. The van der Waals surface area contributed by atoms with Crippen molar-refractivity contribution in [2.45, 2.75) is 31.2 Å². The van der Waals surface area contributed by atoms with Gasteiger partial charge in [-0.25, -0.2) is 13.1 Å². The molecule has 1 amide bonds. The molecule has 0 bridgehead atoms. The zero-order valence-corrected chi connectivity index (χ0v) is 16.2. The summed E-state index contributed by atoms with van der Waals surface area (Å²) in [5.74, 6) is -0.288. The standard InChI is InChI=1S/C16H19N3O3S3/c1-3-11(2)19-25(21,22)13-8-6-12(7-9-13)17-16(23)18-15(20)14-5-4-10-24-14/h4-11,19H,3H2,1-2H3,(H2,17,18,20,23). The van der Waals surface area contributed by atoms with E-state index < -0.39 is 10.0 Å². The SMILES string of the molecule is CCC(C)NS(=O)(=O)c1ccc(NC(=S)NC(=O)c2cccs2)cc1. The van der Waals surface area contributed by atoms with Crippen molar-refractivity contribution in [1.29, 1.82) is 0 Å². The monoisotopic (exact) mass is 397 g/mol. The van der Waals surface area contributed by atoms with Gasteiger partial charge in [0.1, 0.15) is 0 Å². The molecule has 25 heavy (non-hydrogen) atoms. The second-order valence-corrected chi connectivity index (χ2v) is 8.41. The Morgan fingerprint density at radius 1 is 1.24 bits per heavy atom. The van der Waals surface area contributed by atoms with Crippen molar-refractivity contribution in [3.05, 3.63) is 46.7 Å². The summed E-state index contributed by atoms with van der Waals surface area (Å²) in [7, 11) is -3.54. The fraction of sp³-hybridized carbons (Fsp3) is 0.250. The van der Waals surface area contributed by atoms with Crippen LogP contribution in [0.5, 0.6) is 0 Å². The molecule has 134 valence electrons. The molecule has 1 atom stereocenters. The van der Waals surface area contributed by atoms with Crippen LogP contribution in [0.2, 0.25) is 0 Å². The number of carbonyl (C=O) groups excluding carboxylic acids is 1. The Labute approximate surface area is 156 Å². The van der Waals surface area contributed by atoms with Crippen molar-refractivity contribution in [2.75, 3.05) is 5.32 Å². The second-order valence-electron chi connectivity index (χ2n) is 5.34. The van der Waals surface area contributed by atoms with Crippen molar-refractivity contribution in [3.63, 3.8) is 0 Å². The lowest BCUT2D eigenvalue weighted by molar-refractivity contribution is 0.0981. The first-order valence-electron chi connectivity index (χ1n) is 7.60. The van der Waals surface area contributed by atoms with Crippen LogP contribution in [0, 0.1) is 0 Å². The molecule has 0 saturated heterocycles. The van der Waals surface area contributed by atoms with Crippen LogP contribution in [0.1, 0.15) is 29.9 Å². The van der Waals surface area contributed by atoms with Gasteiger partial charge < -0.3 is 5.32 Å². The molecule has 2 rings (SSSR count). The Kier molecular flexibility index (Phi) is 6.65. The van der Waals surface area contributed by atoms with Crippen LogP contribution < -0.4 is 15.4 Å². The first kappa shape index (κ1) is 19.5. The summed E-state index contributed by atoms with van der Waals surface area (Å²) in [4.78, 5) is 12.6. The van der Waals surface area contributed by atoms with E-state index in [1.807, 2.05) is 13.8 Å². The topological polar surface area (TPSA) is 87.3 Å². The lowest BCUT2D eigenvalue weighted by Crippen LogP contribution is -2.33. The number of thiocarbonyl (C=S) groups is 1. The molecule has 0 fully saturated rings. The maximum absolute atomic E-state index is 12.2. The molecular formula is C16H19N3O3S3. The number of anilines is 1. The van der Waals surface area contributed by atoms with Gasteiger partial charge in [-0.3, -0.25) is 10.1 Å². The third kappa shape index (κ3) is 5.60. The van der Waals surface area contributed by atoms with Crippen LogP contribution in [-0.4, -0.2) is 25.5 Å². The molecule has 1 aromatic carbocycles. The predicted molar refractivity (Wildman–Crippen MR) is 105 cm³/mol. The summed E-state index contributed by atoms with van der Waals surface area (Å²) in [5, 5.41) is 7.37. The van der Waals surface area contributed by atoms with Gasteiger partial charge in [-0.2, -0.15) is 0 Å². The minimum absolute atomic E-state index is 0.136. The first-order chi connectivity index (χ1) is 11.8. The van der Waals surface area contributed by atoms with Gasteiger partial charge in [-0.15, -0.1) is 11.3 Å². The minimum Gasteiger partial charge on any atom is -0.332 e. The number of benzene rings is 1. The molecule has 0 aliphatic rings. The van der Waals surface area contributed by atoms with E-state index in [0.717, 1.165) is 0 Å². The van der Waals surface area contributed by atoms with Crippen molar-refractivity contribution in [2.24, 2.45) is 0 Å². The third-order valence-electron chi connectivity index (χ3n) is 3.36. The van der Waals surface area contributed by atoms with Crippen molar-refractivity contribution < 1.29 is 13.2 Å². The van der Waals surface area contributed by atoms with E-state index in [4.69, 9.17) is 12.2 Å². The number of sulfonamides is 1. The zero-order valence-electron chi connectivity index (χ0n) is 13.8. The van der Waals surface area contributed by atoms with Gasteiger partial charge in [-0.05, 0) is 61.3 Å². The fourth-order valence-electron chi connectivity index (χ4n) is 1.87. The van der Waals surface area contributed by atoms with E-state index in [1.54, 1.807) is 29.6 Å². The van der Waals surface area contributed by atoms with Crippen LogP contribution in [-0.2, 0) is 10.0 Å². The number of carbonyl (C=O) groups is 1. The molecular weight excluding hydrogens is 378 g/mol. The quantitative estimate of drug-likeness (QED) is 0.653. The van der Waals surface area contributed by atoms with E-state index in [0.29, 0.717) is 17.0 Å². The van der Waals surface area contributed by atoms with E-state index in [-0.39, 0.29) is 22.0 Å². The minimum atomic E-state index is -3.54. The molecule has 9 heteroatoms. The highest BCUT2D eigenvalue weighted by atomic mass is 32.2. The normalized spacial score (nSPS) is 12.4. The Morgan fingerprint density at radius 3 is 2.48 bits per heavy atom. The number of rotatable bonds is 6. The Bertz CT molecular complexity index is 831. The highest BCUT2D eigenvalue weighted by molar-refractivity contribution is 7.89. The smallest absolute Gasteiger partial charge is 0.267 e. The van der Waals surface area contributed by atoms with Crippen molar-refractivity contribution >= 4 is 50.3 Å². The van der Waals surface area contributed by atoms with Crippen molar-refractivity contribution in [1.82, 2.24) is 10.0 Å². The average Bonchev–Trinajstić information content (AvgIpc) is 3.09. The van der Waals surface area contributed by atoms with Gasteiger partial charge >= 0.3 is 0 Å². The highest BCUT2D eigenvalue weighted by Crippen LogP contribution is 2.15. The maximum Gasteiger partial charge on any atom is 0.267 e. The van der Waals surface area contributed by atoms with E-state index in [2.05, 4.69) is 15.4 Å². The molecule has 1 unspecified atom stereocenters. The molecule has 3 N–H and O–H groups in total. The molecule has 1 heterocycles. The van der Waals surface area contributed by atoms with Crippen LogP contribution in [0.15, 0.2) is 46.7 Å². The summed E-state index contributed by atoms with van der Waals surface area (Å²) in [6.45, 7) is 3.72. The Morgan fingerprint density at radius 2 is 1.92 bits per heavy atom. The van der Waals surface area contributed by atoms with Crippen LogP contribution in [0.25, 0.3) is 0 Å². The largest absolute Gasteiger partial charge is 0.332 e. The first-order valence-corrected chi connectivity index (χ1v) is 10.4. The lowest BCUT2D eigenvalue weighted by atomic mass is 10.3. The van der Waals surface area contributed by atoms with E-state index in [9.17, 15) is 13.2 Å². The second kappa shape index (κ2) is 8.52. The van der Waals surface area contributed by atoms with Gasteiger partial charge in [0, 0.05) is 11.7 Å². The van der Waals surface area contributed by atoms with Crippen LogP contribution >= 0.6 is 23.6 Å². The molecule has 1 aromatic heterocycles. The lowest BCUT2D eigenvalue weighted by Gasteiger charge is -2.13. The average molecular weight is 398 g/mol. The van der Waals surface area contributed by atoms with Gasteiger partial charge in [-0.1, -0.05) is 13.0 Å². The Hall–Kier alpha value is -1.81. The maximum atomic E-state index is 12.2. The Balaban J connectivity index is 1.98.